The lowest BCUT2D eigenvalue weighted by molar-refractivity contribution is -0.146. The van der Waals surface area contributed by atoms with Gasteiger partial charge in [-0.1, -0.05) is 60.3 Å². The maximum atomic E-state index is 12.2. The van der Waals surface area contributed by atoms with Gasteiger partial charge in [0.25, 0.3) is 5.91 Å². The second-order valence-corrected chi connectivity index (χ2v) is 10.6. The minimum absolute atomic E-state index is 0.0570. The van der Waals surface area contributed by atoms with Gasteiger partial charge in [0.2, 0.25) is 0 Å². The second kappa shape index (κ2) is 10.2. The Balaban J connectivity index is 1.37. The molecule has 2 aromatic carbocycles. The van der Waals surface area contributed by atoms with Gasteiger partial charge in [-0.3, -0.25) is 14.2 Å². The summed E-state index contributed by atoms with van der Waals surface area (Å²) in [4.78, 5) is 24.2. The third-order valence-electron chi connectivity index (χ3n) is 4.96. The molecule has 4 rings (SSSR count). The number of esters is 1. The number of para-hydroxylation sites is 1. The summed E-state index contributed by atoms with van der Waals surface area (Å²) in [6.45, 7) is -0.462. The molecule has 1 aliphatic heterocycles. The predicted molar refractivity (Wildman–Crippen MR) is 124 cm³/mol. The van der Waals surface area contributed by atoms with Gasteiger partial charge in [-0.25, -0.2) is 8.42 Å². The SMILES string of the molecule is O=C(COC(=O)CSc1nnc(-c2ccccc2)n1-c1ccccc1)NC1CCS(=O)(=O)C1. The van der Waals surface area contributed by atoms with Gasteiger partial charge in [-0.05, 0) is 18.6 Å². The van der Waals surface area contributed by atoms with Crippen LogP contribution in [0.4, 0.5) is 0 Å². The van der Waals surface area contributed by atoms with Gasteiger partial charge in [-0.2, -0.15) is 0 Å². The molecule has 1 atom stereocenters. The predicted octanol–water partition coefficient (Wildman–Crippen LogP) is 1.87. The molecule has 2 heterocycles. The third kappa shape index (κ3) is 5.99. The normalized spacial score (nSPS) is 16.9. The molecular formula is C22H22N4O5S2. The highest BCUT2D eigenvalue weighted by Gasteiger charge is 2.29. The van der Waals surface area contributed by atoms with E-state index < -0.39 is 34.4 Å². The Hall–Kier alpha value is -3.18. The van der Waals surface area contributed by atoms with Crippen LogP contribution in [0.1, 0.15) is 6.42 Å². The zero-order valence-corrected chi connectivity index (χ0v) is 19.2. The number of hydrogen-bond acceptors (Lipinski definition) is 8. The van der Waals surface area contributed by atoms with E-state index in [0.29, 0.717) is 17.4 Å². The van der Waals surface area contributed by atoms with Crippen LogP contribution < -0.4 is 5.32 Å². The summed E-state index contributed by atoms with van der Waals surface area (Å²) >= 11 is 1.15. The zero-order valence-electron chi connectivity index (χ0n) is 17.6. The number of carbonyl (C=O) groups excluding carboxylic acids is 2. The number of benzene rings is 2. The van der Waals surface area contributed by atoms with Crippen molar-refractivity contribution < 1.29 is 22.7 Å². The van der Waals surface area contributed by atoms with Crippen molar-refractivity contribution in [3.8, 4) is 17.1 Å². The van der Waals surface area contributed by atoms with Crippen LogP contribution in [0, 0.1) is 0 Å². The topological polar surface area (TPSA) is 120 Å². The molecule has 172 valence electrons. The van der Waals surface area contributed by atoms with E-state index in [4.69, 9.17) is 4.74 Å². The van der Waals surface area contributed by atoms with Crippen LogP contribution >= 0.6 is 11.8 Å². The highest BCUT2D eigenvalue weighted by atomic mass is 32.2. The fraction of sp³-hybridized carbons (Fsp3) is 0.273. The summed E-state index contributed by atoms with van der Waals surface area (Å²) in [5.41, 5.74) is 1.73. The van der Waals surface area contributed by atoms with E-state index in [1.54, 1.807) is 0 Å². The summed E-state index contributed by atoms with van der Waals surface area (Å²) < 4.78 is 29.9. The van der Waals surface area contributed by atoms with E-state index in [2.05, 4.69) is 15.5 Å². The van der Waals surface area contributed by atoms with Gasteiger partial charge in [0.05, 0.1) is 17.3 Å². The number of thioether (sulfide) groups is 1. The molecule has 1 amide bonds. The van der Waals surface area contributed by atoms with E-state index in [9.17, 15) is 18.0 Å². The molecule has 1 aromatic heterocycles. The maximum Gasteiger partial charge on any atom is 0.316 e. The summed E-state index contributed by atoms with van der Waals surface area (Å²) in [5, 5.41) is 11.7. The number of nitrogens with one attached hydrogen (secondary N) is 1. The lowest BCUT2D eigenvalue weighted by atomic mass is 10.2. The highest BCUT2D eigenvalue weighted by Crippen LogP contribution is 2.27. The Bertz CT molecular complexity index is 1230. The fourth-order valence-electron chi connectivity index (χ4n) is 3.44. The molecule has 1 unspecified atom stereocenters. The van der Waals surface area contributed by atoms with E-state index in [1.807, 2.05) is 65.2 Å². The van der Waals surface area contributed by atoms with Crippen LogP contribution in [0.3, 0.4) is 0 Å². The van der Waals surface area contributed by atoms with Crippen LogP contribution in [0.5, 0.6) is 0 Å². The molecule has 3 aromatic rings. The van der Waals surface area contributed by atoms with Crippen molar-refractivity contribution >= 4 is 33.5 Å². The second-order valence-electron chi connectivity index (χ2n) is 7.46. The van der Waals surface area contributed by atoms with Crippen LogP contribution in [-0.4, -0.2) is 65.0 Å². The van der Waals surface area contributed by atoms with Crippen molar-refractivity contribution in [1.29, 1.82) is 0 Å². The number of nitrogens with zero attached hydrogens (tertiary/aromatic N) is 3. The van der Waals surface area contributed by atoms with E-state index >= 15 is 0 Å². The van der Waals surface area contributed by atoms with Gasteiger partial charge in [0.15, 0.2) is 27.4 Å². The van der Waals surface area contributed by atoms with Gasteiger partial charge in [-0.15, -0.1) is 10.2 Å². The van der Waals surface area contributed by atoms with Crippen molar-refractivity contribution in [2.45, 2.75) is 17.6 Å². The van der Waals surface area contributed by atoms with Crippen molar-refractivity contribution in [2.75, 3.05) is 23.9 Å². The molecule has 1 N–H and O–H groups in total. The molecule has 0 bridgehead atoms. The average molecular weight is 487 g/mol. The Morgan fingerprint density at radius 1 is 1.06 bits per heavy atom. The largest absolute Gasteiger partial charge is 0.455 e. The Morgan fingerprint density at radius 3 is 2.42 bits per heavy atom. The molecule has 1 aliphatic rings. The van der Waals surface area contributed by atoms with Gasteiger partial charge >= 0.3 is 5.97 Å². The fourth-order valence-corrected chi connectivity index (χ4v) is 5.86. The van der Waals surface area contributed by atoms with Crippen LogP contribution in [0.25, 0.3) is 17.1 Å². The average Bonchev–Trinajstić information content (AvgIpc) is 3.40. The molecule has 33 heavy (non-hydrogen) atoms. The third-order valence-corrected chi connectivity index (χ3v) is 7.63. The smallest absolute Gasteiger partial charge is 0.316 e. The summed E-state index contributed by atoms with van der Waals surface area (Å²) in [7, 11) is -3.10. The van der Waals surface area contributed by atoms with Gasteiger partial charge in [0, 0.05) is 17.3 Å². The number of hydrogen-bond donors (Lipinski definition) is 1. The highest BCUT2D eigenvalue weighted by molar-refractivity contribution is 7.99. The number of carbonyl (C=O) groups is 2. The van der Waals surface area contributed by atoms with E-state index in [1.165, 1.54) is 0 Å². The summed E-state index contributed by atoms with van der Waals surface area (Å²) in [6, 6.07) is 18.7. The van der Waals surface area contributed by atoms with Crippen molar-refractivity contribution in [2.24, 2.45) is 0 Å². The number of amides is 1. The van der Waals surface area contributed by atoms with Gasteiger partial charge < -0.3 is 10.1 Å². The molecule has 0 aliphatic carbocycles. The van der Waals surface area contributed by atoms with Crippen molar-refractivity contribution in [1.82, 2.24) is 20.1 Å². The Kier molecular flexibility index (Phi) is 7.09. The number of rotatable bonds is 8. The number of aromatic nitrogens is 3. The minimum Gasteiger partial charge on any atom is -0.455 e. The lowest BCUT2D eigenvalue weighted by Gasteiger charge is -2.11. The molecule has 9 nitrogen and oxygen atoms in total. The van der Waals surface area contributed by atoms with E-state index in [-0.39, 0.29) is 17.3 Å². The summed E-state index contributed by atoms with van der Waals surface area (Å²) in [6.07, 6.45) is 0.372. The molecule has 11 heteroatoms. The van der Waals surface area contributed by atoms with Crippen LogP contribution in [-0.2, 0) is 24.2 Å². The molecule has 0 radical (unpaired) electrons. The van der Waals surface area contributed by atoms with E-state index in [0.717, 1.165) is 23.0 Å². The molecule has 0 spiro atoms. The molecule has 1 saturated heterocycles. The summed E-state index contributed by atoms with van der Waals surface area (Å²) in [5.74, 6) is -0.552. The van der Waals surface area contributed by atoms with Gasteiger partial charge in [0.1, 0.15) is 0 Å². The molecular weight excluding hydrogens is 464 g/mol. The molecule has 0 saturated carbocycles. The lowest BCUT2D eigenvalue weighted by Crippen LogP contribution is -2.38. The van der Waals surface area contributed by atoms with Crippen LogP contribution in [0.2, 0.25) is 0 Å². The van der Waals surface area contributed by atoms with Crippen molar-refractivity contribution in [3.05, 3.63) is 60.7 Å². The first kappa shape index (κ1) is 23.0. The zero-order chi connectivity index (χ0) is 23.3. The Labute approximate surface area is 195 Å². The first-order valence-electron chi connectivity index (χ1n) is 10.3. The quantitative estimate of drug-likeness (QED) is 0.379. The minimum atomic E-state index is -3.10. The first-order valence-corrected chi connectivity index (χ1v) is 13.1. The van der Waals surface area contributed by atoms with Crippen LogP contribution in [0.15, 0.2) is 65.8 Å². The monoisotopic (exact) mass is 486 g/mol. The number of sulfone groups is 1. The number of ether oxygens (including phenoxy) is 1. The van der Waals surface area contributed by atoms with Crippen molar-refractivity contribution in [3.63, 3.8) is 0 Å². The standard InChI is InChI=1S/C22H22N4O5S2/c27-19(23-17-11-12-33(29,30)15-17)13-31-20(28)14-32-22-25-24-21(16-7-3-1-4-8-16)26(22)18-9-5-2-6-10-18/h1-10,17H,11-15H2,(H,23,27). The first-order chi connectivity index (χ1) is 15.9. The molecule has 1 fully saturated rings. The maximum absolute atomic E-state index is 12.2. The Morgan fingerprint density at radius 2 is 1.76 bits per heavy atom.